The summed E-state index contributed by atoms with van der Waals surface area (Å²) in [4.78, 5) is 25.6. The van der Waals surface area contributed by atoms with E-state index in [1.807, 2.05) is 0 Å². The molecule has 6 aliphatic rings. The molecule has 4 aromatic heterocycles. The van der Waals surface area contributed by atoms with Crippen molar-refractivity contribution in [2.24, 2.45) is 52.3 Å². The quantitative estimate of drug-likeness (QED) is 0.106. The van der Waals surface area contributed by atoms with Gasteiger partial charge in [0.15, 0.2) is 0 Å². The molecule has 5 heteroatoms. The average molecular weight is 1270 g/mol. The maximum absolute atomic E-state index is 5.96. The monoisotopic (exact) mass is 1270 g/mol. The third-order valence-corrected chi connectivity index (χ3v) is 25.4. The molecule has 11 aromatic rings. The molecule has 5 nitrogen and oxygen atoms in total. The molecule has 3 fully saturated rings. The number of benzene rings is 7. The fraction of sp³-hybridized carbons (Fsp3) is 0.337. The Morgan fingerprint density at radius 3 is 1.57 bits per heavy atom. The molecule has 3 saturated carbocycles. The van der Waals surface area contributed by atoms with Crippen molar-refractivity contribution in [1.82, 2.24) is 24.9 Å². The Morgan fingerprint density at radius 2 is 0.979 bits per heavy atom. The van der Waals surface area contributed by atoms with Crippen LogP contribution in [0.15, 0.2) is 152 Å². The highest BCUT2D eigenvalue weighted by Crippen LogP contribution is 2.69. The number of aromatic nitrogens is 5. The number of aryl methyl sites for hydroxylation is 6. The summed E-state index contributed by atoms with van der Waals surface area (Å²) < 4.78 is 0. The Kier molecular flexibility index (Phi) is 15.0. The molecule has 2 N–H and O–H groups in total. The van der Waals surface area contributed by atoms with Gasteiger partial charge in [0.25, 0.3) is 0 Å². The summed E-state index contributed by atoms with van der Waals surface area (Å²) in [6.45, 7) is 26.4. The van der Waals surface area contributed by atoms with E-state index in [4.69, 9.17) is 15.0 Å². The zero-order valence-corrected chi connectivity index (χ0v) is 58.9. The highest BCUT2D eigenvalue weighted by Gasteiger charge is 2.61. The summed E-state index contributed by atoms with van der Waals surface area (Å²) in [5.74, 6) is 5.43. The third kappa shape index (κ3) is 10.2. The van der Waals surface area contributed by atoms with Gasteiger partial charge in [-0.3, -0.25) is 0 Å². The molecule has 4 aliphatic carbocycles. The summed E-state index contributed by atoms with van der Waals surface area (Å²) in [6, 6.07) is 57.1. The van der Waals surface area contributed by atoms with Crippen molar-refractivity contribution in [2.45, 2.75) is 147 Å². The average Bonchev–Trinajstić information content (AvgIpc) is 1.61. The van der Waals surface area contributed by atoms with Crippen molar-refractivity contribution in [3.8, 4) is 55.8 Å². The largest absolute Gasteiger partial charge is 0.354 e. The standard InChI is InChI=1S/C92H93N5/c1-52(2)18-17-19-55(5)71-31-32-72-67-30-29-66-50-69-70(51-92(66,11)73(67)42-43-91(71,72)10)90(97-78-33-28-65-48-63-22-15-16-23-64(63)49-68(65)87(69)78)62-26-24-61(25-27-62)86-76-36-40-81(95-76)88(83-56(6)44-53(3)45-57(83)7)79-38-34-74(93-79)85(60-20-13-12-14-21-60)75-35-39-80(94-75)89(82-41-37-77(86)96-82)84-58(8)46-54(4)47-59(84)9/h12-16,20-28,33-41,44-49,52,55,66-67,71-73,93,96H,17-19,29-32,42-43,50-51H2,1-11H3/t55-,66?,67+,71-,72+,73+,91-,92+/m1/s1. The molecule has 0 amide bonds. The molecule has 6 heterocycles. The lowest BCUT2D eigenvalue weighted by Crippen LogP contribution is -2.54. The van der Waals surface area contributed by atoms with Crippen LogP contribution in [0.3, 0.4) is 0 Å². The minimum atomic E-state index is 0.187. The van der Waals surface area contributed by atoms with Crippen LogP contribution in [-0.4, -0.2) is 24.9 Å². The molecule has 17 rings (SSSR count). The van der Waals surface area contributed by atoms with E-state index < -0.39 is 0 Å². The van der Waals surface area contributed by atoms with E-state index in [9.17, 15) is 0 Å². The van der Waals surface area contributed by atoms with E-state index in [0.717, 1.165) is 138 Å². The van der Waals surface area contributed by atoms with Gasteiger partial charge in [-0.2, -0.15) is 0 Å². The highest BCUT2D eigenvalue weighted by atomic mass is 14.8. The molecule has 1 unspecified atom stereocenters. The van der Waals surface area contributed by atoms with Crippen LogP contribution >= 0.6 is 0 Å². The van der Waals surface area contributed by atoms with Crippen LogP contribution in [0.2, 0.25) is 0 Å². The fourth-order valence-corrected chi connectivity index (χ4v) is 21.2. The summed E-state index contributed by atoms with van der Waals surface area (Å²) in [5.41, 5.74) is 31.0. The number of fused-ring (bicyclic) bond motifs is 19. The van der Waals surface area contributed by atoms with Gasteiger partial charge in [-0.1, -0.05) is 174 Å². The van der Waals surface area contributed by atoms with Crippen LogP contribution in [0, 0.1) is 93.8 Å². The van der Waals surface area contributed by atoms with E-state index in [1.54, 1.807) is 5.56 Å². The molecular weight excluding hydrogens is 1180 g/mol. The number of aromatic amines is 2. The third-order valence-electron chi connectivity index (χ3n) is 25.4. The molecule has 0 spiro atoms. The number of H-pyrrole nitrogens is 2. The van der Waals surface area contributed by atoms with Crippen molar-refractivity contribution in [3.63, 3.8) is 0 Å². The van der Waals surface area contributed by atoms with Crippen molar-refractivity contribution in [1.29, 1.82) is 0 Å². The van der Waals surface area contributed by atoms with Gasteiger partial charge in [0, 0.05) is 55.3 Å². The maximum atomic E-state index is 5.96. The fourth-order valence-electron chi connectivity index (χ4n) is 21.2. The van der Waals surface area contributed by atoms with E-state index >= 15 is 0 Å². The topological polar surface area (TPSA) is 70.2 Å². The Balaban J connectivity index is 0.857. The highest BCUT2D eigenvalue weighted by molar-refractivity contribution is 6.13. The molecule has 7 aromatic carbocycles. The number of pyridine rings is 1. The number of rotatable bonds is 10. The first-order valence-electron chi connectivity index (χ1n) is 36.7. The van der Waals surface area contributed by atoms with Crippen molar-refractivity contribution >= 4 is 78.8 Å². The predicted molar refractivity (Wildman–Crippen MR) is 411 cm³/mol. The van der Waals surface area contributed by atoms with Gasteiger partial charge in [-0.15, -0.1) is 0 Å². The predicted octanol–water partition coefficient (Wildman–Crippen LogP) is 24.7. The Bertz CT molecular complexity index is 5180. The van der Waals surface area contributed by atoms with Crippen LogP contribution in [0.4, 0.5) is 0 Å². The van der Waals surface area contributed by atoms with Gasteiger partial charge in [0.1, 0.15) is 0 Å². The van der Waals surface area contributed by atoms with E-state index in [2.05, 4.69) is 262 Å². The van der Waals surface area contributed by atoms with Crippen LogP contribution in [0.5, 0.6) is 0 Å². The van der Waals surface area contributed by atoms with Crippen molar-refractivity contribution in [3.05, 3.63) is 219 Å². The SMILES string of the molecule is Cc1cc(C)c(-c2c3nc(c(-c4ccc(-c5nc6ccc7cc8ccccc8cc7c6c6c5C[C@@]5(C)C(CC[C@H]7[C@@H]8CC[C@H]([C@H](C)CCCC(C)C)[C@@]8(C)CC[C@@H]75)C6)cc4)c4ccc([nH]4)c(-c4c(C)cc(C)cc4C)c4nc(c(-c5ccccc5)c5ccc2[nH]5)C=C4)C=C3)c(C)c1. The first-order chi connectivity index (χ1) is 47.0. The van der Waals surface area contributed by atoms with E-state index in [1.165, 1.54) is 140 Å². The lowest BCUT2D eigenvalue weighted by molar-refractivity contribution is -0.103. The lowest BCUT2D eigenvalue weighted by atomic mass is 9.44. The summed E-state index contributed by atoms with van der Waals surface area (Å²) in [7, 11) is 0. The molecule has 2 aliphatic heterocycles. The van der Waals surface area contributed by atoms with Gasteiger partial charge < -0.3 is 9.97 Å². The van der Waals surface area contributed by atoms with Crippen LogP contribution in [0.1, 0.15) is 160 Å². The second kappa shape index (κ2) is 23.7. The van der Waals surface area contributed by atoms with Gasteiger partial charge in [-0.25, -0.2) is 15.0 Å². The minimum absolute atomic E-state index is 0.187. The Morgan fingerprint density at radius 1 is 0.454 bits per heavy atom. The molecule has 486 valence electrons. The van der Waals surface area contributed by atoms with Crippen LogP contribution in [-0.2, 0) is 12.8 Å². The first kappa shape index (κ1) is 61.6. The zero-order valence-electron chi connectivity index (χ0n) is 58.9. The van der Waals surface area contributed by atoms with E-state index in [0.29, 0.717) is 11.3 Å². The van der Waals surface area contributed by atoms with Crippen molar-refractivity contribution < 1.29 is 0 Å². The lowest BCUT2D eigenvalue weighted by Gasteiger charge is -2.61. The summed E-state index contributed by atoms with van der Waals surface area (Å²) >= 11 is 0. The molecule has 0 radical (unpaired) electrons. The molecule has 97 heavy (non-hydrogen) atoms. The van der Waals surface area contributed by atoms with Crippen molar-refractivity contribution in [2.75, 3.05) is 0 Å². The summed E-state index contributed by atoms with van der Waals surface area (Å²) in [6.07, 6.45) is 23.6. The second-order valence-corrected chi connectivity index (χ2v) is 31.9. The molecular formula is C92H93N5. The number of hydrogen-bond donors (Lipinski definition) is 2. The summed E-state index contributed by atoms with van der Waals surface area (Å²) in [5, 5.41) is 6.62. The maximum Gasteiger partial charge on any atom is 0.0744 e. The van der Waals surface area contributed by atoms with Gasteiger partial charge in [0.2, 0.25) is 0 Å². The smallest absolute Gasteiger partial charge is 0.0744 e. The minimum Gasteiger partial charge on any atom is -0.354 e. The Labute approximate surface area is 574 Å². The normalized spacial score (nSPS) is 22.1. The number of nitrogens with zero attached hydrogens (tertiary/aromatic N) is 3. The molecule has 8 atom stereocenters. The van der Waals surface area contributed by atoms with Crippen LogP contribution in [0.25, 0.3) is 135 Å². The molecule has 8 bridgehead atoms. The van der Waals surface area contributed by atoms with E-state index in [-0.39, 0.29) is 5.41 Å². The van der Waals surface area contributed by atoms with Gasteiger partial charge >= 0.3 is 0 Å². The number of hydrogen-bond acceptors (Lipinski definition) is 3. The van der Waals surface area contributed by atoms with Gasteiger partial charge in [-0.05, 0) is 289 Å². The van der Waals surface area contributed by atoms with Crippen LogP contribution < -0.4 is 0 Å². The molecule has 0 saturated heterocycles. The Hall–Kier alpha value is -8.93. The van der Waals surface area contributed by atoms with Gasteiger partial charge in [0.05, 0.1) is 34.0 Å². The number of nitrogens with one attached hydrogen (secondary N) is 2. The zero-order chi connectivity index (χ0) is 66.3. The first-order valence-corrected chi connectivity index (χ1v) is 36.7. The second-order valence-electron chi connectivity index (χ2n) is 31.9.